The summed E-state index contributed by atoms with van der Waals surface area (Å²) in [5.74, 6) is -0.178. The number of hydrogen-bond donors (Lipinski definition) is 1. The van der Waals surface area contributed by atoms with Gasteiger partial charge in [-0.25, -0.2) is 0 Å². The molecule has 0 radical (unpaired) electrons. The van der Waals surface area contributed by atoms with E-state index in [2.05, 4.69) is 38.4 Å². The molecule has 0 aliphatic rings. The molecule has 0 bridgehead atoms. The first-order chi connectivity index (χ1) is 19.8. The van der Waals surface area contributed by atoms with E-state index in [0.717, 1.165) is 28.9 Å². The first kappa shape index (κ1) is 37.9. The maximum atomic E-state index is 11.9. The number of rotatable bonds is 10. The van der Waals surface area contributed by atoms with Gasteiger partial charge in [0.25, 0.3) is 0 Å². The van der Waals surface area contributed by atoms with E-state index in [9.17, 15) is 4.79 Å². The van der Waals surface area contributed by atoms with Crippen LogP contribution >= 0.6 is 23.8 Å². The minimum absolute atomic E-state index is 0.178. The van der Waals surface area contributed by atoms with Gasteiger partial charge in [-0.1, -0.05) is 82.4 Å². The van der Waals surface area contributed by atoms with Crippen LogP contribution in [0.4, 0.5) is 5.69 Å². The first-order valence-corrected chi connectivity index (χ1v) is 15.2. The Morgan fingerprint density at radius 2 is 1.90 bits per heavy atom. The second-order valence-corrected chi connectivity index (χ2v) is 9.25. The van der Waals surface area contributed by atoms with E-state index in [1.54, 1.807) is 13.0 Å². The van der Waals surface area contributed by atoms with Crippen molar-refractivity contribution in [3.8, 4) is 0 Å². The summed E-state index contributed by atoms with van der Waals surface area (Å²) in [4.78, 5) is 20.1. The molecule has 1 heterocycles. The van der Waals surface area contributed by atoms with Crippen molar-refractivity contribution in [2.45, 2.75) is 47.1 Å². The van der Waals surface area contributed by atoms with Gasteiger partial charge < -0.3 is 11.1 Å². The van der Waals surface area contributed by atoms with Crippen molar-refractivity contribution in [1.82, 2.24) is 10.3 Å². The van der Waals surface area contributed by atoms with Gasteiger partial charge in [0.15, 0.2) is 5.78 Å². The number of pyridine rings is 1. The van der Waals surface area contributed by atoms with Crippen LogP contribution < -0.4 is 5.32 Å². The first-order valence-electron chi connectivity index (χ1n) is 13.0. The second-order valence-electron chi connectivity index (χ2n) is 7.85. The molecule has 0 aliphatic carbocycles. The van der Waals surface area contributed by atoms with Gasteiger partial charge in [-0.3, -0.25) is 14.8 Å². The fraction of sp³-hybridized carbons (Fsp3) is 0.250. The van der Waals surface area contributed by atoms with Crippen LogP contribution in [0.2, 0.25) is 5.02 Å². The van der Waals surface area contributed by atoms with E-state index in [1.165, 1.54) is 38.3 Å². The third-order valence-corrected chi connectivity index (χ3v) is 6.23. The summed E-state index contributed by atoms with van der Waals surface area (Å²) in [5, 5.41) is 5.06. The number of halogens is 1. The Bertz CT molecular complexity index is 1280. The molecule has 218 valence electrons. The summed E-state index contributed by atoms with van der Waals surface area (Å²) in [6.45, 7) is 13.2. The third-order valence-electron chi connectivity index (χ3n) is 5.03. The van der Waals surface area contributed by atoms with E-state index in [-0.39, 0.29) is 11.5 Å². The van der Waals surface area contributed by atoms with E-state index in [1.807, 2.05) is 80.7 Å². The van der Waals surface area contributed by atoms with Gasteiger partial charge in [0.1, 0.15) is 0 Å². The monoisotopic (exact) mass is 759 g/mol. The van der Waals surface area contributed by atoms with Crippen LogP contribution in [0.25, 0.3) is 11.8 Å². The van der Waals surface area contributed by atoms with E-state index < -0.39 is 6.04 Å². The van der Waals surface area contributed by atoms with Crippen molar-refractivity contribution >= 4 is 53.1 Å². The number of aryl methyl sites for hydroxylation is 1. The molecule has 0 fully saturated rings. The number of thiocarbonyl (C=S) groups is 1. The zero-order valence-corrected chi connectivity index (χ0v) is 28.7. The molecule has 3 rings (SSSR count). The zero-order valence-electron chi connectivity index (χ0n) is 24.2. The van der Waals surface area contributed by atoms with Crippen molar-refractivity contribution < 1.29 is 24.4 Å². The summed E-state index contributed by atoms with van der Waals surface area (Å²) < 4.78 is 4.00. The van der Waals surface area contributed by atoms with Crippen molar-refractivity contribution in [2.24, 2.45) is 8.49 Å². The van der Waals surface area contributed by atoms with Crippen molar-refractivity contribution in [1.29, 1.82) is 0 Å². The zero-order chi connectivity index (χ0) is 31.0. The van der Waals surface area contributed by atoms with Crippen LogP contribution in [-0.4, -0.2) is 29.0 Å². The third kappa shape index (κ3) is 15.5. The van der Waals surface area contributed by atoms with Crippen LogP contribution in [-0.2, 0) is 30.8 Å². The number of ketones is 1. The van der Waals surface area contributed by atoms with Gasteiger partial charge in [0.05, 0.1) is 18.9 Å². The Kier molecular flexibility index (Phi) is 21.8. The number of nitrogens with one attached hydrogen (secondary N) is 2. The number of aromatic nitrogens is 1. The molecule has 1 unspecified atom stereocenters. The number of carbonyl (C=O) groups excluding carboxylic acids is 1. The summed E-state index contributed by atoms with van der Waals surface area (Å²) in [5.41, 5.74) is 12.3. The SMILES string of the molecule is C=Cc1ccnc(CC)c1.CC.CC(=O)/C(=C(\C)[NH-])C(NC=NCC=S)c1ccccc1Cl.[W]=[N]c1[c-]cccc1. The number of nitrogens with zero attached hydrogens (tertiary/aromatic N) is 3. The van der Waals surface area contributed by atoms with Crippen LogP contribution in [0.5, 0.6) is 0 Å². The fourth-order valence-corrected chi connectivity index (χ4v) is 3.94. The molecule has 1 atom stereocenters. The predicted molar refractivity (Wildman–Crippen MR) is 174 cm³/mol. The van der Waals surface area contributed by atoms with Crippen molar-refractivity contribution in [3.05, 3.63) is 118 Å². The molecule has 41 heavy (non-hydrogen) atoms. The standard InChI is InChI=1S/C15H18ClN3OS.C9H11N.C6H4N.C2H6.W/c1-10(17)14(11(2)20)15(19-9-18-7-8-21)12-5-3-4-6-13(12)16;1-3-8-5-6-10-9(4-2)7-8;7-6-4-2-1-3-5-6;1-2;/h3-6,8-9,15H,7H2,1-2H3,(H3,17,18,19,20);3,5-7H,1,4H2,2H3;1-4H;1-2H3;/q;;-1;;/p-1. The van der Waals surface area contributed by atoms with E-state index in [0.29, 0.717) is 17.1 Å². The predicted octanol–water partition coefficient (Wildman–Crippen LogP) is 9.08. The Morgan fingerprint density at radius 3 is 2.39 bits per heavy atom. The number of allylic oxidation sites excluding steroid dienone is 1. The normalized spacial score (nSPS) is 11.1. The molecule has 9 heteroatoms. The van der Waals surface area contributed by atoms with Gasteiger partial charge in [-0.15, -0.1) is 0 Å². The summed E-state index contributed by atoms with van der Waals surface area (Å²) in [7, 11) is 0. The molecule has 2 N–H and O–H groups in total. The molecule has 0 saturated carbocycles. The Hall–Kier alpha value is -3.12. The summed E-state index contributed by atoms with van der Waals surface area (Å²) in [6, 6.07) is 21.4. The van der Waals surface area contributed by atoms with E-state index in [4.69, 9.17) is 29.6 Å². The van der Waals surface area contributed by atoms with Crippen molar-refractivity contribution in [3.63, 3.8) is 0 Å². The number of aliphatic imine (C=N–C) groups is 1. The molecule has 6 nitrogen and oxygen atoms in total. The molecule has 0 amide bonds. The van der Waals surface area contributed by atoms with Gasteiger partial charge in [0, 0.05) is 27.9 Å². The fourth-order valence-electron chi connectivity index (χ4n) is 3.20. The average Bonchev–Trinajstić information content (AvgIpc) is 3.00. The number of hydrogen-bond acceptors (Lipinski definition) is 5. The molecule has 0 saturated heterocycles. The second kappa shape index (κ2) is 23.6. The quantitative estimate of drug-likeness (QED) is 0.0735. The number of benzene rings is 2. The maximum absolute atomic E-state index is 11.9. The molecular formula is C32H38ClN5OSW-2. The molecular weight excluding hydrogens is 722 g/mol. The Labute approximate surface area is 267 Å². The average molecular weight is 760 g/mol. The molecule has 1 aromatic heterocycles. The molecule has 0 spiro atoms. The topological polar surface area (TPSA) is 90.5 Å². The van der Waals surface area contributed by atoms with E-state index >= 15 is 0 Å². The Balaban J connectivity index is 0.000000656. The van der Waals surface area contributed by atoms with Crippen molar-refractivity contribution in [2.75, 3.05) is 6.54 Å². The van der Waals surface area contributed by atoms with Gasteiger partial charge in [-0.2, -0.15) is 5.70 Å². The van der Waals surface area contributed by atoms with Gasteiger partial charge in [0.2, 0.25) is 0 Å². The van der Waals surface area contributed by atoms with Crippen LogP contribution in [0.1, 0.15) is 57.5 Å². The van der Waals surface area contributed by atoms with Crippen LogP contribution in [0, 0.1) is 6.07 Å². The summed E-state index contributed by atoms with van der Waals surface area (Å²) >= 11 is 12.1. The summed E-state index contributed by atoms with van der Waals surface area (Å²) in [6.07, 6.45) is 6.13. The van der Waals surface area contributed by atoms with Gasteiger partial charge in [-0.05, 0) is 42.7 Å². The Morgan fingerprint density at radius 1 is 1.22 bits per heavy atom. The van der Waals surface area contributed by atoms with Crippen LogP contribution in [0.3, 0.4) is 0 Å². The molecule has 3 aromatic rings. The van der Waals surface area contributed by atoms with Crippen LogP contribution in [0.15, 0.2) is 93.2 Å². The minimum atomic E-state index is -0.512. The number of carbonyl (C=O) groups is 1. The number of Topliss-reactive ketones (excluding diaryl/α,β-unsaturated/α-hetero) is 1. The molecule has 2 aromatic carbocycles. The molecule has 0 aliphatic heterocycles. The van der Waals surface area contributed by atoms with Gasteiger partial charge >= 0.3 is 59.1 Å².